The number of hydrogen-bond donors (Lipinski definition) is 1. The van der Waals surface area contributed by atoms with Crippen LogP contribution in [0.4, 0.5) is 5.82 Å². The number of thiophene rings is 1. The lowest BCUT2D eigenvalue weighted by Crippen LogP contribution is -2.50. The number of morpholine rings is 1. The minimum atomic E-state index is -0.872. The van der Waals surface area contributed by atoms with Gasteiger partial charge in [0, 0.05) is 22.8 Å². The zero-order valence-corrected chi connectivity index (χ0v) is 10.4. The fourth-order valence-electron chi connectivity index (χ4n) is 2.17. The molecule has 2 aromatic rings. The van der Waals surface area contributed by atoms with E-state index in [1.54, 1.807) is 17.5 Å². The summed E-state index contributed by atoms with van der Waals surface area (Å²) in [6.07, 6.45) is 1.72. The number of carbonyl (C=O) groups is 1. The average Bonchev–Trinajstić information content (AvgIpc) is 2.86. The first kappa shape index (κ1) is 11.4. The van der Waals surface area contributed by atoms with E-state index in [1.165, 1.54) is 0 Å². The summed E-state index contributed by atoms with van der Waals surface area (Å²) in [6.45, 7) is 1.29. The lowest BCUT2D eigenvalue weighted by molar-refractivity contribution is -0.141. The van der Waals surface area contributed by atoms with Gasteiger partial charge in [0.2, 0.25) is 0 Å². The second-order valence-corrected chi connectivity index (χ2v) is 5.04. The SMILES string of the molecule is O=C(O)C1COCCN1c1nccc2sccc12. The molecule has 0 spiro atoms. The third kappa shape index (κ3) is 1.83. The van der Waals surface area contributed by atoms with Crippen LogP contribution >= 0.6 is 11.3 Å². The Morgan fingerprint density at radius 2 is 2.44 bits per heavy atom. The fourth-order valence-corrected chi connectivity index (χ4v) is 2.95. The summed E-state index contributed by atoms with van der Waals surface area (Å²) in [7, 11) is 0. The molecule has 5 nitrogen and oxygen atoms in total. The predicted octanol–water partition coefficient (Wildman–Crippen LogP) is 1.59. The van der Waals surface area contributed by atoms with Crippen molar-refractivity contribution in [2.45, 2.75) is 6.04 Å². The number of carboxylic acid groups (broad SMARTS) is 1. The minimum absolute atomic E-state index is 0.206. The van der Waals surface area contributed by atoms with Crippen molar-refractivity contribution in [2.24, 2.45) is 0 Å². The summed E-state index contributed by atoms with van der Waals surface area (Å²) in [5.74, 6) is -0.131. The van der Waals surface area contributed by atoms with Gasteiger partial charge in [0.25, 0.3) is 0 Å². The Labute approximate surface area is 108 Å². The number of fused-ring (bicyclic) bond motifs is 1. The van der Waals surface area contributed by atoms with E-state index in [9.17, 15) is 9.90 Å². The molecule has 1 unspecified atom stereocenters. The van der Waals surface area contributed by atoms with Crippen molar-refractivity contribution < 1.29 is 14.6 Å². The average molecular weight is 264 g/mol. The summed E-state index contributed by atoms with van der Waals surface area (Å²) in [6, 6.07) is 3.27. The maximum absolute atomic E-state index is 11.3. The molecular formula is C12H12N2O3S. The number of rotatable bonds is 2. The third-order valence-electron chi connectivity index (χ3n) is 3.04. The number of aromatic nitrogens is 1. The van der Waals surface area contributed by atoms with E-state index < -0.39 is 12.0 Å². The monoisotopic (exact) mass is 264 g/mol. The smallest absolute Gasteiger partial charge is 0.328 e. The van der Waals surface area contributed by atoms with Gasteiger partial charge in [-0.25, -0.2) is 9.78 Å². The van der Waals surface area contributed by atoms with Gasteiger partial charge in [-0.3, -0.25) is 0 Å². The lowest BCUT2D eigenvalue weighted by atomic mass is 10.2. The Morgan fingerprint density at radius 3 is 3.28 bits per heavy atom. The number of pyridine rings is 1. The molecule has 0 amide bonds. The van der Waals surface area contributed by atoms with E-state index in [0.29, 0.717) is 13.2 Å². The fraction of sp³-hybridized carbons (Fsp3) is 0.333. The van der Waals surface area contributed by atoms with Gasteiger partial charge in [-0.05, 0) is 17.5 Å². The molecular weight excluding hydrogens is 252 g/mol. The third-order valence-corrected chi connectivity index (χ3v) is 3.93. The maximum Gasteiger partial charge on any atom is 0.328 e. The number of anilines is 1. The molecule has 1 aliphatic rings. The summed E-state index contributed by atoms with van der Waals surface area (Å²) >= 11 is 1.63. The van der Waals surface area contributed by atoms with Gasteiger partial charge in [0.05, 0.1) is 13.2 Å². The van der Waals surface area contributed by atoms with Gasteiger partial charge in [0.15, 0.2) is 6.04 Å². The molecule has 1 aliphatic heterocycles. The van der Waals surface area contributed by atoms with Crippen LogP contribution in [0.3, 0.4) is 0 Å². The van der Waals surface area contributed by atoms with Crippen molar-refractivity contribution in [2.75, 3.05) is 24.7 Å². The van der Waals surface area contributed by atoms with Gasteiger partial charge in [-0.15, -0.1) is 11.3 Å². The molecule has 0 aliphatic carbocycles. The summed E-state index contributed by atoms with van der Waals surface area (Å²) in [5, 5.41) is 12.2. The molecule has 0 saturated carbocycles. The highest BCUT2D eigenvalue weighted by molar-refractivity contribution is 7.17. The van der Waals surface area contributed by atoms with Gasteiger partial charge in [-0.2, -0.15) is 0 Å². The molecule has 1 saturated heterocycles. The Balaban J connectivity index is 2.06. The molecule has 2 aromatic heterocycles. The van der Waals surface area contributed by atoms with Gasteiger partial charge >= 0.3 is 5.97 Å². The van der Waals surface area contributed by atoms with E-state index in [-0.39, 0.29) is 6.61 Å². The second-order valence-electron chi connectivity index (χ2n) is 4.09. The van der Waals surface area contributed by atoms with E-state index in [0.717, 1.165) is 15.9 Å². The van der Waals surface area contributed by atoms with Crippen LogP contribution in [0, 0.1) is 0 Å². The Morgan fingerprint density at radius 1 is 1.56 bits per heavy atom. The standard InChI is InChI=1S/C12H12N2O3S/c15-12(16)9-7-17-5-4-14(9)11-8-2-6-18-10(8)1-3-13-11/h1-3,6,9H,4-5,7H2,(H,15,16). The highest BCUT2D eigenvalue weighted by atomic mass is 32.1. The highest BCUT2D eigenvalue weighted by Crippen LogP contribution is 2.30. The number of aliphatic carboxylic acids is 1. The molecule has 3 heterocycles. The zero-order valence-electron chi connectivity index (χ0n) is 9.57. The van der Waals surface area contributed by atoms with Crippen molar-refractivity contribution in [3.63, 3.8) is 0 Å². The molecule has 1 N–H and O–H groups in total. The Kier molecular flexibility index (Phi) is 2.89. The molecule has 0 bridgehead atoms. The first-order valence-corrected chi connectivity index (χ1v) is 6.55. The molecule has 6 heteroatoms. The van der Waals surface area contributed by atoms with Crippen LogP contribution in [-0.2, 0) is 9.53 Å². The minimum Gasteiger partial charge on any atom is -0.480 e. The van der Waals surface area contributed by atoms with Crippen LogP contribution in [0.2, 0.25) is 0 Å². The molecule has 18 heavy (non-hydrogen) atoms. The topological polar surface area (TPSA) is 62.7 Å². The maximum atomic E-state index is 11.3. The predicted molar refractivity (Wildman–Crippen MR) is 69.2 cm³/mol. The van der Waals surface area contributed by atoms with E-state index in [1.807, 2.05) is 22.4 Å². The normalized spacial score (nSPS) is 20.2. The first-order chi connectivity index (χ1) is 8.77. The van der Waals surface area contributed by atoms with E-state index in [2.05, 4.69) is 4.98 Å². The number of hydrogen-bond acceptors (Lipinski definition) is 5. The highest BCUT2D eigenvalue weighted by Gasteiger charge is 2.31. The van der Waals surface area contributed by atoms with Crippen LogP contribution < -0.4 is 4.90 Å². The van der Waals surface area contributed by atoms with E-state index in [4.69, 9.17) is 4.74 Å². The van der Waals surface area contributed by atoms with Crippen LogP contribution in [0.25, 0.3) is 10.1 Å². The largest absolute Gasteiger partial charge is 0.480 e. The summed E-state index contributed by atoms with van der Waals surface area (Å²) in [4.78, 5) is 17.4. The van der Waals surface area contributed by atoms with Crippen LogP contribution in [0.5, 0.6) is 0 Å². The van der Waals surface area contributed by atoms with E-state index >= 15 is 0 Å². The van der Waals surface area contributed by atoms with Crippen LogP contribution in [0.15, 0.2) is 23.7 Å². The Hall–Kier alpha value is -1.66. The molecule has 0 aromatic carbocycles. The molecule has 0 radical (unpaired) electrons. The molecule has 3 rings (SSSR count). The number of carboxylic acids is 1. The van der Waals surface area contributed by atoms with Crippen molar-refractivity contribution in [1.82, 2.24) is 4.98 Å². The second kappa shape index (κ2) is 4.55. The van der Waals surface area contributed by atoms with Gasteiger partial charge in [-0.1, -0.05) is 0 Å². The molecule has 94 valence electrons. The Bertz CT molecular complexity index is 583. The van der Waals surface area contributed by atoms with Crippen molar-refractivity contribution in [1.29, 1.82) is 0 Å². The lowest BCUT2D eigenvalue weighted by Gasteiger charge is -2.34. The summed E-state index contributed by atoms with van der Waals surface area (Å²) < 4.78 is 6.36. The number of ether oxygens (including phenoxy) is 1. The van der Waals surface area contributed by atoms with Gasteiger partial charge in [0.1, 0.15) is 5.82 Å². The summed E-state index contributed by atoms with van der Waals surface area (Å²) in [5.41, 5.74) is 0. The quantitative estimate of drug-likeness (QED) is 0.892. The molecule has 1 atom stereocenters. The number of nitrogens with zero attached hydrogens (tertiary/aromatic N) is 2. The van der Waals surface area contributed by atoms with Crippen LogP contribution in [0.1, 0.15) is 0 Å². The van der Waals surface area contributed by atoms with Crippen molar-refractivity contribution in [3.05, 3.63) is 23.7 Å². The molecule has 1 fully saturated rings. The van der Waals surface area contributed by atoms with Crippen LogP contribution in [-0.4, -0.2) is 41.9 Å². The first-order valence-electron chi connectivity index (χ1n) is 5.67. The van der Waals surface area contributed by atoms with Gasteiger partial charge < -0.3 is 14.7 Å². The van der Waals surface area contributed by atoms with Crippen molar-refractivity contribution in [3.8, 4) is 0 Å². The zero-order chi connectivity index (χ0) is 12.5. The van der Waals surface area contributed by atoms with Crippen molar-refractivity contribution >= 4 is 33.2 Å².